The van der Waals surface area contributed by atoms with Gasteiger partial charge < -0.3 is 8.86 Å². The van der Waals surface area contributed by atoms with Crippen LogP contribution < -0.4 is 4.31 Å². The van der Waals surface area contributed by atoms with E-state index >= 15 is 0 Å². The van der Waals surface area contributed by atoms with Crippen molar-refractivity contribution in [3.63, 3.8) is 0 Å². The van der Waals surface area contributed by atoms with Crippen molar-refractivity contribution >= 4 is 28.6 Å². The Hall–Kier alpha value is -1.44. The van der Waals surface area contributed by atoms with E-state index in [9.17, 15) is 8.76 Å². The van der Waals surface area contributed by atoms with Crippen LogP contribution in [0.2, 0.25) is 5.15 Å². The quantitative estimate of drug-likeness (QED) is 0.785. The van der Waals surface area contributed by atoms with Crippen molar-refractivity contribution in [1.29, 1.82) is 0 Å². The minimum absolute atomic E-state index is 0.112. The number of rotatable bonds is 3. The van der Waals surface area contributed by atoms with Crippen LogP contribution in [0.3, 0.4) is 0 Å². The Morgan fingerprint density at radius 1 is 1.59 bits per heavy atom. The second-order valence-electron chi connectivity index (χ2n) is 3.18. The van der Waals surface area contributed by atoms with Gasteiger partial charge >= 0.3 is 0 Å². The summed E-state index contributed by atoms with van der Waals surface area (Å²) in [4.78, 5) is 3.94. The first-order valence-electron chi connectivity index (χ1n) is 4.58. The summed E-state index contributed by atoms with van der Waals surface area (Å²) in [6.07, 6.45) is 4.75. The molecule has 0 radical (unpaired) electrons. The monoisotopic (exact) mass is 271 g/mol. The van der Waals surface area contributed by atoms with Crippen LogP contribution in [0.15, 0.2) is 30.7 Å². The van der Waals surface area contributed by atoms with Gasteiger partial charge in [0.2, 0.25) is 0 Å². The summed E-state index contributed by atoms with van der Waals surface area (Å²) in [5.74, 6) is 0. The van der Waals surface area contributed by atoms with Crippen LogP contribution in [0.5, 0.6) is 0 Å². The van der Waals surface area contributed by atoms with E-state index in [4.69, 9.17) is 11.6 Å². The van der Waals surface area contributed by atoms with Gasteiger partial charge in [0, 0.05) is 24.5 Å². The summed E-state index contributed by atoms with van der Waals surface area (Å²) in [6.45, 7) is 0. The molecule has 0 aromatic carbocycles. The normalized spacial score (nSPS) is 12.4. The molecule has 2 aromatic rings. The van der Waals surface area contributed by atoms with Crippen LogP contribution in [-0.2, 0) is 11.3 Å². The van der Waals surface area contributed by atoms with Crippen molar-refractivity contribution in [3.05, 3.63) is 35.9 Å². The molecule has 0 aliphatic carbocycles. The predicted octanol–water partition coefficient (Wildman–Crippen LogP) is 1.15. The summed E-state index contributed by atoms with van der Waals surface area (Å²) >= 11 is 3.48. The van der Waals surface area contributed by atoms with E-state index in [1.807, 2.05) is 0 Å². The molecular weight excluding hydrogens is 264 g/mol. The van der Waals surface area contributed by atoms with Gasteiger partial charge in [-0.25, -0.2) is 4.68 Å². The SMILES string of the molecule is CN(c1cn(-c2cccnc2)nc1Cl)S(=O)[O-]. The van der Waals surface area contributed by atoms with Crippen LogP contribution in [0.4, 0.5) is 5.69 Å². The van der Waals surface area contributed by atoms with Crippen molar-refractivity contribution in [2.75, 3.05) is 11.4 Å². The number of halogens is 1. The Morgan fingerprint density at radius 2 is 2.35 bits per heavy atom. The molecule has 2 aromatic heterocycles. The smallest absolute Gasteiger partial charge is 0.175 e. The van der Waals surface area contributed by atoms with Gasteiger partial charge in [0.25, 0.3) is 0 Å². The van der Waals surface area contributed by atoms with Crippen LogP contribution in [-0.4, -0.2) is 30.6 Å². The zero-order chi connectivity index (χ0) is 12.4. The Kier molecular flexibility index (Phi) is 3.41. The highest BCUT2D eigenvalue weighted by Gasteiger charge is 2.12. The maximum atomic E-state index is 10.8. The van der Waals surface area contributed by atoms with Gasteiger partial charge in [-0.1, -0.05) is 11.6 Å². The van der Waals surface area contributed by atoms with E-state index in [0.717, 1.165) is 4.31 Å². The lowest BCUT2D eigenvalue weighted by atomic mass is 10.4. The molecule has 0 fully saturated rings. The standard InChI is InChI=1S/C9H9ClN4O2S/c1-13(17(15)16)8-6-14(12-9(8)10)7-3-2-4-11-5-7/h2-6H,1H3,(H,15,16)/p-1. The molecule has 0 bridgehead atoms. The molecule has 2 heterocycles. The minimum atomic E-state index is -2.38. The van der Waals surface area contributed by atoms with Crippen LogP contribution in [0, 0.1) is 0 Å². The third kappa shape index (κ3) is 2.46. The van der Waals surface area contributed by atoms with Gasteiger partial charge in [0.1, 0.15) is 5.69 Å². The average Bonchev–Trinajstić information content (AvgIpc) is 2.71. The topological polar surface area (TPSA) is 74.1 Å². The molecule has 17 heavy (non-hydrogen) atoms. The zero-order valence-electron chi connectivity index (χ0n) is 8.78. The van der Waals surface area contributed by atoms with Gasteiger partial charge in [-0.3, -0.25) is 9.19 Å². The highest BCUT2D eigenvalue weighted by molar-refractivity contribution is 7.80. The number of pyridine rings is 1. The van der Waals surface area contributed by atoms with E-state index in [0.29, 0.717) is 11.4 Å². The summed E-state index contributed by atoms with van der Waals surface area (Å²) < 4.78 is 24.1. The van der Waals surface area contributed by atoms with Crippen molar-refractivity contribution in [2.24, 2.45) is 0 Å². The van der Waals surface area contributed by atoms with E-state index in [1.54, 1.807) is 24.5 Å². The summed E-state index contributed by atoms with van der Waals surface area (Å²) in [5, 5.41) is 4.12. The third-order valence-electron chi connectivity index (χ3n) is 2.12. The number of nitrogens with zero attached hydrogens (tertiary/aromatic N) is 4. The van der Waals surface area contributed by atoms with Gasteiger partial charge in [-0.05, 0) is 12.1 Å². The highest BCUT2D eigenvalue weighted by Crippen LogP contribution is 2.25. The van der Waals surface area contributed by atoms with Gasteiger partial charge in [-0.2, -0.15) is 5.10 Å². The third-order valence-corrected chi connectivity index (χ3v) is 3.04. The maximum absolute atomic E-state index is 10.8. The lowest BCUT2D eigenvalue weighted by Gasteiger charge is -2.19. The van der Waals surface area contributed by atoms with E-state index in [-0.39, 0.29) is 5.15 Å². The molecule has 0 saturated heterocycles. The molecule has 8 heteroatoms. The number of aromatic nitrogens is 3. The van der Waals surface area contributed by atoms with Gasteiger partial charge in [0.15, 0.2) is 5.15 Å². The molecule has 2 rings (SSSR count). The highest BCUT2D eigenvalue weighted by atomic mass is 35.5. The van der Waals surface area contributed by atoms with E-state index in [2.05, 4.69) is 10.1 Å². The number of hydrogen-bond donors (Lipinski definition) is 0. The molecule has 0 N–H and O–H groups in total. The fraction of sp³-hybridized carbons (Fsp3) is 0.111. The minimum Gasteiger partial charge on any atom is -0.755 e. The van der Waals surface area contributed by atoms with E-state index < -0.39 is 11.3 Å². The fourth-order valence-electron chi connectivity index (χ4n) is 1.26. The molecule has 0 amide bonds. The van der Waals surface area contributed by atoms with Crippen molar-refractivity contribution in [3.8, 4) is 5.69 Å². The lowest BCUT2D eigenvalue weighted by Crippen LogP contribution is -2.19. The maximum Gasteiger partial charge on any atom is 0.175 e. The molecule has 0 aliphatic rings. The first kappa shape index (κ1) is 12.0. The number of hydrogen-bond acceptors (Lipinski definition) is 4. The van der Waals surface area contributed by atoms with Crippen molar-refractivity contribution < 1.29 is 8.76 Å². The molecule has 0 spiro atoms. The van der Waals surface area contributed by atoms with Gasteiger partial charge in [-0.15, -0.1) is 0 Å². The fourth-order valence-corrected chi connectivity index (χ4v) is 1.86. The first-order valence-corrected chi connectivity index (χ1v) is 5.99. The zero-order valence-corrected chi connectivity index (χ0v) is 10.4. The first-order chi connectivity index (χ1) is 8.09. The van der Waals surface area contributed by atoms with Crippen molar-refractivity contribution in [2.45, 2.75) is 0 Å². The second kappa shape index (κ2) is 4.82. The molecule has 1 unspecified atom stereocenters. The Balaban J connectivity index is 2.41. The Morgan fingerprint density at radius 3 is 2.94 bits per heavy atom. The molecular formula is C9H8ClN4O2S-. The lowest BCUT2D eigenvalue weighted by molar-refractivity contribution is 0.535. The predicted molar refractivity (Wildman–Crippen MR) is 63.7 cm³/mol. The molecule has 0 aliphatic heterocycles. The molecule has 90 valence electrons. The summed E-state index contributed by atoms with van der Waals surface area (Å²) in [5.41, 5.74) is 1.01. The van der Waals surface area contributed by atoms with E-state index in [1.165, 1.54) is 17.9 Å². The second-order valence-corrected chi connectivity index (χ2v) is 4.52. The Bertz CT molecular complexity index is 545. The molecule has 6 nitrogen and oxygen atoms in total. The summed E-state index contributed by atoms with van der Waals surface area (Å²) in [6, 6.07) is 3.54. The van der Waals surface area contributed by atoms with Crippen LogP contribution in [0.1, 0.15) is 0 Å². The Labute approximate surface area is 105 Å². The largest absolute Gasteiger partial charge is 0.755 e. The molecule has 1 atom stereocenters. The van der Waals surface area contributed by atoms with Gasteiger partial charge in [0.05, 0.1) is 18.1 Å². The average molecular weight is 272 g/mol. The molecule has 0 saturated carbocycles. The van der Waals surface area contributed by atoms with Crippen molar-refractivity contribution in [1.82, 2.24) is 14.8 Å². The van der Waals surface area contributed by atoms with Crippen LogP contribution in [0.25, 0.3) is 5.69 Å². The number of anilines is 1. The van der Waals surface area contributed by atoms with Crippen LogP contribution >= 0.6 is 11.6 Å². The summed E-state index contributed by atoms with van der Waals surface area (Å²) in [7, 11) is 1.39.